The minimum Gasteiger partial charge on any atom is -0.497 e. The number of hydrogen-bond acceptors (Lipinski definition) is 6. The van der Waals surface area contributed by atoms with Gasteiger partial charge >= 0.3 is 11.9 Å². The van der Waals surface area contributed by atoms with Gasteiger partial charge in [0, 0.05) is 17.7 Å². The van der Waals surface area contributed by atoms with Crippen molar-refractivity contribution < 1.29 is 28.6 Å². The average Bonchev–Trinajstić information content (AvgIpc) is 3.22. The maximum Gasteiger partial charge on any atom is 0.310 e. The number of carbonyl (C=O) groups excluding carboxylic acids is 3. The van der Waals surface area contributed by atoms with Crippen molar-refractivity contribution in [2.45, 2.75) is 18.9 Å². The first-order valence-electron chi connectivity index (χ1n) is 8.38. The largest absolute Gasteiger partial charge is 0.497 e. The van der Waals surface area contributed by atoms with Gasteiger partial charge in [0.05, 0.1) is 18.9 Å². The molecule has 1 amide bonds. The lowest BCUT2D eigenvalue weighted by atomic mass is 9.80. The SMILES string of the molecule is COc1cccc(NC(=O)COC(=O)[C@@H]2[C@@H]3C[C@@H]4[C@H]2C(=O)O[C@H]4C3)c1. The van der Waals surface area contributed by atoms with Crippen LogP contribution in [0.3, 0.4) is 0 Å². The molecule has 5 atom stereocenters. The number of hydrogen-bond donors (Lipinski definition) is 1. The quantitative estimate of drug-likeness (QED) is 0.811. The predicted octanol–water partition coefficient (Wildman–Crippen LogP) is 1.37. The number of nitrogens with one attached hydrogen (secondary N) is 1. The summed E-state index contributed by atoms with van der Waals surface area (Å²) in [5.74, 6) is -1.18. The van der Waals surface area contributed by atoms with Gasteiger partial charge < -0.3 is 19.5 Å². The predicted molar refractivity (Wildman–Crippen MR) is 85.7 cm³/mol. The molecule has 0 spiro atoms. The molecule has 1 aliphatic heterocycles. The molecule has 2 aliphatic carbocycles. The fraction of sp³-hybridized carbons (Fsp3) is 0.500. The number of benzene rings is 1. The zero-order valence-corrected chi connectivity index (χ0v) is 13.8. The van der Waals surface area contributed by atoms with Crippen molar-refractivity contribution in [3.8, 4) is 5.75 Å². The van der Waals surface area contributed by atoms with Crippen molar-refractivity contribution in [1.29, 1.82) is 0 Å². The Morgan fingerprint density at radius 2 is 2.16 bits per heavy atom. The molecule has 1 saturated heterocycles. The molecule has 4 rings (SSSR count). The van der Waals surface area contributed by atoms with Crippen LogP contribution >= 0.6 is 0 Å². The zero-order valence-electron chi connectivity index (χ0n) is 13.8. The second-order valence-electron chi connectivity index (χ2n) is 6.81. The molecule has 7 heteroatoms. The molecule has 0 radical (unpaired) electrons. The van der Waals surface area contributed by atoms with E-state index in [1.54, 1.807) is 24.3 Å². The molecule has 7 nitrogen and oxygen atoms in total. The standard InChI is InChI=1S/C18H19NO6/c1-23-11-4-2-3-10(7-11)19-14(20)8-24-17(21)15-9-5-12-13(6-9)25-18(22)16(12)15/h2-4,7,9,12-13,15-16H,5-6,8H2,1H3,(H,19,20)/t9-,12+,13+,15-,16-/m1/s1. The minimum atomic E-state index is -0.476. The highest BCUT2D eigenvalue weighted by atomic mass is 16.6. The summed E-state index contributed by atoms with van der Waals surface area (Å²) in [6, 6.07) is 6.90. The van der Waals surface area contributed by atoms with Gasteiger partial charge in [-0.25, -0.2) is 0 Å². The normalized spacial score (nSPS) is 31.6. The number of methoxy groups -OCH3 is 1. The highest BCUT2D eigenvalue weighted by Gasteiger charge is 2.64. The molecule has 2 saturated carbocycles. The first kappa shape index (κ1) is 15.9. The van der Waals surface area contributed by atoms with Crippen LogP contribution in [0, 0.1) is 23.7 Å². The van der Waals surface area contributed by atoms with E-state index in [1.165, 1.54) is 7.11 Å². The summed E-state index contributed by atoms with van der Waals surface area (Å²) in [7, 11) is 1.54. The Labute approximate surface area is 144 Å². The van der Waals surface area contributed by atoms with E-state index in [1.807, 2.05) is 0 Å². The van der Waals surface area contributed by atoms with E-state index in [9.17, 15) is 14.4 Å². The Balaban J connectivity index is 1.33. The Bertz CT molecular complexity index is 730. The zero-order chi connectivity index (χ0) is 17.6. The van der Waals surface area contributed by atoms with E-state index >= 15 is 0 Å². The third-order valence-electron chi connectivity index (χ3n) is 5.45. The molecule has 3 fully saturated rings. The fourth-order valence-corrected chi connectivity index (χ4v) is 4.46. The molecule has 1 aromatic carbocycles. The van der Waals surface area contributed by atoms with E-state index in [4.69, 9.17) is 14.2 Å². The third kappa shape index (κ3) is 2.73. The van der Waals surface area contributed by atoms with Crippen LogP contribution in [0.15, 0.2) is 24.3 Å². The molecular weight excluding hydrogens is 326 g/mol. The van der Waals surface area contributed by atoms with Crippen LogP contribution in [0.1, 0.15) is 12.8 Å². The Kier molecular flexibility index (Phi) is 3.86. The molecule has 1 aromatic rings. The number of esters is 2. The average molecular weight is 345 g/mol. The number of carbonyl (C=O) groups is 3. The molecule has 3 aliphatic rings. The maximum atomic E-state index is 12.4. The molecule has 0 unspecified atom stereocenters. The van der Waals surface area contributed by atoms with E-state index in [-0.39, 0.29) is 30.5 Å². The Hall–Kier alpha value is -2.57. The summed E-state index contributed by atoms with van der Waals surface area (Å²) in [6.07, 6.45) is 1.53. The van der Waals surface area contributed by atoms with Gasteiger partial charge in [-0.3, -0.25) is 14.4 Å². The van der Waals surface area contributed by atoms with Gasteiger partial charge in [-0.1, -0.05) is 6.07 Å². The first-order chi connectivity index (χ1) is 12.1. The van der Waals surface area contributed by atoms with Crippen molar-refractivity contribution >= 4 is 23.5 Å². The highest BCUT2D eigenvalue weighted by molar-refractivity contribution is 5.93. The molecule has 132 valence electrons. The summed E-state index contributed by atoms with van der Waals surface area (Å²) < 4.78 is 15.6. The Morgan fingerprint density at radius 1 is 1.32 bits per heavy atom. The van der Waals surface area contributed by atoms with Crippen LogP contribution in [0.2, 0.25) is 0 Å². The number of amides is 1. The van der Waals surface area contributed by atoms with E-state index in [2.05, 4.69) is 5.32 Å². The maximum absolute atomic E-state index is 12.4. The molecular formula is C18H19NO6. The van der Waals surface area contributed by atoms with Crippen LogP contribution in [0.4, 0.5) is 5.69 Å². The smallest absolute Gasteiger partial charge is 0.310 e. The van der Waals surface area contributed by atoms with Crippen molar-refractivity contribution in [3.63, 3.8) is 0 Å². The number of fused-ring (bicyclic) bond motifs is 1. The van der Waals surface area contributed by atoms with Gasteiger partial charge in [-0.05, 0) is 30.9 Å². The van der Waals surface area contributed by atoms with Gasteiger partial charge in [-0.2, -0.15) is 0 Å². The minimum absolute atomic E-state index is 0.0251. The van der Waals surface area contributed by atoms with Gasteiger partial charge in [0.2, 0.25) is 0 Å². The molecule has 1 N–H and O–H groups in total. The van der Waals surface area contributed by atoms with Gasteiger partial charge in [-0.15, -0.1) is 0 Å². The van der Waals surface area contributed by atoms with Crippen LogP contribution in [0.25, 0.3) is 0 Å². The third-order valence-corrected chi connectivity index (χ3v) is 5.45. The van der Waals surface area contributed by atoms with Crippen LogP contribution in [-0.4, -0.2) is 37.7 Å². The van der Waals surface area contributed by atoms with Crippen molar-refractivity contribution in [1.82, 2.24) is 0 Å². The Morgan fingerprint density at radius 3 is 2.96 bits per heavy atom. The van der Waals surface area contributed by atoms with E-state index in [0.717, 1.165) is 12.8 Å². The fourth-order valence-electron chi connectivity index (χ4n) is 4.46. The first-order valence-corrected chi connectivity index (χ1v) is 8.38. The lowest BCUT2D eigenvalue weighted by Crippen LogP contribution is -2.34. The molecule has 2 bridgehead atoms. The van der Waals surface area contributed by atoms with Crippen molar-refractivity contribution in [3.05, 3.63) is 24.3 Å². The topological polar surface area (TPSA) is 90.9 Å². The number of rotatable bonds is 5. The van der Waals surface area contributed by atoms with Crippen molar-refractivity contribution in [2.24, 2.45) is 23.7 Å². The summed E-state index contributed by atoms with van der Waals surface area (Å²) in [4.78, 5) is 36.3. The van der Waals surface area contributed by atoms with Crippen LogP contribution in [-0.2, 0) is 23.9 Å². The van der Waals surface area contributed by atoms with Gasteiger partial charge in [0.25, 0.3) is 5.91 Å². The highest BCUT2D eigenvalue weighted by Crippen LogP contribution is 2.57. The second kappa shape index (κ2) is 6.06. The summed E-state index contributed by atoms with van der Waals surface area (Å²) in [6.45, 7) is -0.380. The second-order valence-corrected chi connectivity index (χ2v) is 6.81. The lowest BCUT2D eigenvalue weighted by Gasteiger charge is -2.22. The molecule has 25 heavy (non-hydrogen) atoms. The van der Waals surface area contributed by atoms with E-state index in [0.29, 0.717) is 11.4 Å². The summed E-state index contributed by atoms with van der Waals surface area (Å²) in [5.41, 5.74) is 0.558. The number of ether oxygens (including phenoxy) is 3. The number of anilines is 1. The lowest BCUT2D eigenvalue weighted by molar-refractivity contribution is -0.157. The molecule has 1 heterocycles. The van der Waals surface area contributed by atoms with E-state index < -0.39 is 23.7 Å². The van der Waals surface area contributed by atoms with Gasteiger partial charge in [0.15, 0.2) is 6.61 Å². The monoisotopic (exact) mass is 345 g/mol. The van der Waals surface area contributed by atoms with Crippen LogP contribution < -0.4 is 10.1 Å². The summed E-state index contributed by atoms with van der Waals surface area (Å²) in [5, 5.41) is 2.65. The molecule has 0 aromatic heterocycles. The van der Waals surface area contributed by atoms with Gasteiger partial charge in [0.1, 0.15) is 11.9 Å². The van der Waals surface area contributed by atoms with Crippen molar-refractivity contribution in [2.75, 3.05) is 19.0 Å². The summed E-state index contributed by atoms with van der Waals surface area (Å²) >= 11 is 0. The van der Waals surface area contributed by atoms with Crippen LogP contribution in [0.5, 0.6) is 5.75 Å².